The number of hydrogen-bond acceptors (Lipinski definition) is 7. The Balaban J connectivity index is 1.22. The Hall–Kier alpha value is -3.62. The third-order valence-corrected chi connectivity index (χ3v) is 6.38. The summed E-state index contributed by atoms with van der Waals surface area (Å²) in [5.41, 5.74) is 2.13. The number of rotatable bonds is 5. The minimum absolute atomic E-state index is 0.0343. The van der Waals surface area contributed by atoms with Gasteiger partial charge in [-0.05, 0) is 37.5 Å². The molecule has 1 N–H and O–H groups in total. The summed E-state index contributed by atoms with van der Waals surface area (Å²) in [6.07, 6.45) is 5.38. The Kier molecular flexibility index (Phi) is 6.10. The number of nitrogens with one attached hydrogen (secondary N) is 1. The van der Waals surface area contributed by atoms with E-state index in [1.807, 2.05) is 29.2 Å². The molecule has 1 amide bonds. The molecule has 2 aliphatic heterocycles. The highest BCUT2D eigenvalue weighted by atomic mass is 16.5. The Bertz CT molecular complexity index is 1100. The second kappa shape index (κ2) is 9.48. The Morgan fingerprint density at radius 3 is 2.36 bits per heavy atom. The van der Waals surface area contributed by atoms with E-state index in [9.17, 15) is 4.79 Å². The molecule has 0 unspecified atom stereocenters. The number of piperazine rings is 1. The van der Waals surface area contributed by atoms with Crippen molar-refractivity contribution >= 4 is 17.5 Å². The molecule has 2 aromatic heterocycles. The lowest BCUT2D eigenvalue weighted by Crippen LogP contribution is -2.49. The van der Waals surface area contributed by atoms with E-state index in [1.165, 1.54) is 19.3 Å². The maximum atomic E-state index is 13.1. The number of amides is 1. The number of benzene rings is 1. The van der Waals surface area contributed by atoms with E-state index in [4.69, 9.17) is 4.74 Å². The summed E-state index contributed by atoms with van der Waals surface area (Å²) in [6.45, 7) is 4.85. The first-order valence-corrected chi connectivity index (χ1v) is 11.5. The van der Waals surface area contributed by atoms with Crippen molar-refractivity contribution in [2.24, 2.45) is 0 Å². The molecule has 33 heavy (non-hydrogen) atoms. The smallest absolute Gasteiger partial charge is 0.272 e. The molecule has 172 valence electrons. The Labute approximate surface area is 193 Å². The Morgan fingerprint density at radius 2 is 1.64 bits per heavy atom. The molecule has 0 saturated carbocycles. The van der Waals surface area contributed by atoms with Crippen LogP contribution in [0.25, 0.3) is 11.3 Å². The molecule has 2 aliphatic rings. The number of H-pyrrole nitrogens is 1. The van der Waals surface area contributed by atoms with E-state index in [1.54, 1.807) is 19.5 Å². The average molecular weight is 448 g/mol. The molecule has 0 radical (unpaired) electrons. The molecule has 5 rings (SSSR count). The van der Waals surface area contributed by atoms with Gasteiger partial charge in [-0.25, -0.2) is 9.97 Å². The molecule has 4 heterocycles. The summed E-state index contributed by atoms with van der Waals surface area (Å²) < 4.78 is 5.28. The highest BCUT2D eigenvalue weighted by Crippen LogP contribution is 2.24. The maximum Gasteiger partial charge on any atom is 0.272 e. The summed E-state index contributed by atoms with van der Waals surface area (Å²) in [5, 5.41) is 7.24. The molecule has 3 aromatic rings. The zero-order valence-corrected chi connectivity index (χ0v) is 18.9. The van der Waals surface area contributed by atoms with Gasteiger partial charge in [-0.2, -0.15) is 5.10 Å². The number of nitrogens with zero attached hydrogens (tertiary/aromatic N) is 6. The number of methoxy groups -OCH3 is 1. The van der Waals surface area contributed by atoms with Gasteiger partial charge in [0, 0.05) is 50.9 Å². The van der Waals surface area contributed by atoms with Crippen LogP contribution in [0.2, 0.25) is 0 Å². The van der Waals surface area contributed by atoms with Gasteiger partial charge in [0.2, 0.25) is 0 Å². The van der Waals surface area contributed by atoms with E-state index >= 15 is 0 Å². The zero-order valence-electron chi connectivity index (χ0n) is 18.9. The van der Waals surface area contributed by atoms with Crippen LogP contribution in [0.5, 0.6) is 5.75 Å². The van der Waals surface area contributed by atoms with E-state index < -0.39 is 0 Å². The summed E-state index contributed by atoms with van der Waals surface area (Å²) in [6, 6.07) is 11.5. The van der Waals surface area contributed by atoms with Gasteiger partial charge in [-0.3, -0.25) is 9.89 Å². The van der Waals surface area contributed by atoms with E-state index in [-0.39, 0.29) is 5.91 Å². The first-order valence-electron chi connectivity index (χ1n) is 11.5. The number of carbonyl (C=O) groups excluding carboxylic acids is 1. The molecule has 2 fully saturated rings. The third-order valence-electron chi connectivity index (χ3n) is 6.38. The van der Waals surface area contributed by atoms with Gasteiger partial charge in [0.25, 0.3) is 5.91 Å². The molecular formula is C24H29N7O2. The molecule has 0 atom stereocenters. The fourth-order valence-corrected chi connectivity index (χ4v) is 4.48. The van der Waals surface area contributed by atoms with Crippen molar-refractivity contribution in [2.45, 2.75) is 19.3 Å². The van der Waals surface area contributed by atoms with Crippen LogP contribution < -0.4 is 14.5 Å². The lowest BCUT2D eigenvalue weighted by molar-refractivity contribution is 0.0740. The fraction of sp³-hybridized carbons (Fsp3) is 0.417. The van der Waals surface area contributed by atoms with Gasteiger partial charge in [0.1, 0.15) is 29.4 Å². The van der Waals surface area contributed by atoms with Gasteiger partial charge in [0.05, 0.1) is 12.8 Å². The van der Waals surface area contributed by atoms with E-state index in [0.29, 0.717) is 18.8 Å². The predicted octanol–water partition coefficient (Wildman–Crippen LogP) is 2.83. The van der Waals surface area contributed by atoms with Crippen LogP contribution in [-0.2, 0) is 0 Å². The van der Waals surface area contributed by atoms with Crippen molar-refractivity contribution in [3.05, 3.63) is 48.4 Å². The SMILES string of the molecule is COc1cccc(-c2cc(C(=O)N3CCN(c4cc(N5CCCCC5)ncn4)CC3)[nH]n2)c1. The summed E-state index contributed by atoms with van der Waals surface area (Å²) in [7, 11) is 1.63. The van der Waals surface area contributed by atoms with Gasteiger partial charge in [-0.15, -0.1) is 0 Å². The third kappa shape index (κ3) is 4.62. The van der Waals surface area contributed by atoms with Crippen LogP contribution in [-0.4, -0.2) is 77.4 Å². The van der Waals surface area contributed by atoms with Gasteiger partial charge in [0.15, 0.2) is 0 Å². The molecule has 9 heteroatoms. The number of piperidine rings is 1. The van der Waals surface area contributed by atoms with Crippen molar-refractivity contribution < 1.29 is 9.53 Å². The molecule has 0 spiro atoms. The highest BCUT2D eigenvalue weighted by molar-refractivity contribution is 5.93. The number of aromatic nitrogens is 4. The van der Waals surface area contributed by atoms with Crippen LogP contribution >= 0.6 is 0 Å². The number of ether oxygens (including phenoxy) is 1. The van der Waals surface area contributed by atoms with Crippen LogP contribution in [0, 0.1) is 0 Å². The topological polar surface area (TPSA) is 90.5 Å². The van der Waals surface area contributed by atoms with Crippen molar-refractivity contribution in [3.63, 3.8) is 0 Å². The first kappa shape index (κ1) is 21.2. The lowest BCUT2D eigenvalue weighted by Gasteiger charge is -2.35. The van der Waals surface area contributed by atoms with Crippen LogP contribution in [0.1, 0.15) is 29.8 Å². The molecular weight excluding hydrogens is 418 g/mol. The standard InChI is InChI=1S/C24H29N7O2/c1-33-19-7-5-6-18(14-19)20-15-21(28-27-20)24(32)31-12-10-30(11-13-31)23-16-22(25-17-26-23)29-8-3-2-4-9-29/h5-7,14-17H,2-4,8-13H2,1H3,(H,27,28). The van der Waals surface area contributed by atoms with Crippen molar-refractivity contribution in [2.75, 3.05) is 56.2 Å². The molecule has 0 bridgehead atoms. The normalized spacial score (nSPS) is 16.7. The number of hydrogen-bond donors (Lipinski definition) is 1. The van der Waals surface area contributed by atoms with E-state index in [2.05, 4.69) is 36.0 Å². The van der Waals surface area contributed by atoms with Crippen LogP contribution in [0.3, 0.4) is 0 Å². The van der Waals surface area contributed by atoms with Crippen molar-refractivity contribution in [1.29, 1.82) is 0 Å². The number of carbonyl (C=O) groups is 1. The summed E-state index contributed by atoms with van der Waals surface area (Å²) >= 11 is 0. The van der Waals surface area contributed by atoms with Crippen molar-refractivity contribution in [3.8, 4) is 17.0 Å². The van der Waals surface area contributed by atoms with Crippen LogP contribution in [0.4, 0.5) is 11.6 Å². The van der Waals surface area contributed by atoms with Crippen molar-refractivity contribution in [1.82, 2.24) is 25.1 Å². The number of aromatic amines is 1. The average Bonchev–Trinajstić information content (AvgIpc) is 3.39. The van der Waals surface area contributed by atoms with Crippen LogP contribution in [0.15, 0.2) is 42.7 Å². The van der Waals surface area contributed by atoms with E-state index in [0.717, 1.165) is 54.8 Å². The second-order valence-electron chi connectivity index (χ2n) is 8.46. The predicted molar refractivity (Wildman–Crippen MR) is 127 cm³/mol. The molecule has 1 aromatic carbocycles. The number of anilines is 2. The minimum Gasteiger partial charge on any atom is -0.497 e. The first-order chi connectivity index (χ1) is 16.2. The molecule has 0 aliphatic carbocycles. The van der Waals surface area contributed by atoms with Gasteiger partial charge < -0.3 is 19.4 Å². The largest absolute Gasteiger partial charge is 0.497 e. The second-order valence-corrected chi connectivity index (χ2v) is 8.46. The molecule has 2 saturated heterocycles. The monoisotopic (exact) mass is 447 g/mol. The molecule has 9 nitrogen and oxygen atoms in total. The highest BCUT2D eigenvalue weighted by Gasteiger charge is 2.25. The Morgan fingerprint density at radius 1 is 0.909 bits per heavy atom. The summed E-state index contributed by atoms with van der Waals surface area (Å²) in [5.74, 6) is 2.65. The van der Waals surface area contributed by atoms with Gasteiger partial charge >= 0.3 is 0 Å². The zero-order chi connectivity index (χ0) is 22.6. The fourth-order valence-electron chi connectivity index (χ4n) is 4.48. The maximum absolute atomic E-state index is 13.1. The summed E-state index contributed by atoms with van der Waals surface area (Å²) in [4.78, 5) is 28.5. The van der Waals surface area contributed by atoms with Gasteiger partial charge in [-0.1, -0.05) is 12.1 Å². The quantitative estimate of drug-likeness (QED) is 0.643. The lowest BCUT2D eigenvalue weighted by atomic mass is 10.1. The minimum atomic E-state index is -0.0343.